The maximum atomic E-state index is 12.6. The molecular weight excluding hydrogens is 187 g/mol. The SMILES string of the molecule is CC(C)(CCCl)c1ccc(F)cc1. The minimum Gasteiger partial charge on any atom is -0.207 e. The minimum absolute atomic E-state index is 0.0372. The van der Waals surface area contributed by atoms with Gasteiger partial charge in [-0.05, 0) is 29.5 Å². The molecule has 0 aliphatic heterocycles. The first-order valence-electron chi connectivity index (χ1n) is 4.38. The van der Waals surface area contributed by atoms with Crippen molar-refractivity contribution >= 4 is 11.6 Å². The maximum absolute atomic E-state index is 12.6. The zero-order valence-corrected chi connectivity index (χ0v) is 8.74. The van der Waals surface area contributed by atoms with Crippen LogP contribution in [0.2, 0.25) is 0 Å². The second-order valence-electron chi connectivity index (χ2n) is 3.83. The van der Waals surface area contributed by atoms with E-state index in [1.54, 1.807) is 0 Å². The summed E-state index contributed by atoms with van der Waals surface area (Å²) in [4.78, 5) is 0. The summed E-state index contributed by atoms with van der Waals surface area (Å²) in [6, 6.07) is 6.63. The van der Waals surface area contributed by atoms with Gasteiger partial charge in [-0.1, -0.05) is 26.0 Å². The van der Waals surface area contributed by atoms with Gasteiger partial charge in [-0.15, -0.1) is 11.6 Å². The molecule has 1 aromatic carbocycles. The summed E-state index contributed by atoms with van der Waals surface area (Å²) in [5, 5.41) is 0. The summed E-state index contributed by atoms with van der Waals surface area (Å²) in [7, 11) is 0. The van der Waals surface area contributed by atoms with Crippen LogP contribution >= 0.6 is 11.6 Å². The van der Waals surface area contributed by atoms with Crippen molar-refractivity contribution in [1.29, 1.82) is 0 Å². The van der Waals surface area contributed by atoms with E-state index in [0.717, 1.165) is 12.0 Å². The summed E-state index contributed by atoms with van der Waals surface area (Å²) in [6.45, 7) is 4.23. The van der Waals surface area contributed by atoms with Crippen molar-refractivity contribution in [3.8, 4) is 0 Å². The summed E-state index contributed by atoms with van der Waals surface area (Å²) in [6.07, 6.45) is 0.903. The van der Waals surface area contributed by atoms with E-state index in [0.29, 0.717) is 5.88 Å². The number of hydrogen-bond acceptors (Lipinski definition) is 0. The van der Waals surface area contributed by atoms with Crippen molar-refractivity contribution in [3.05, 3.63) is 35.6 Å². The van der Waals surface area contributed by atoms with Gasteiger partial charge in [0.05, 0.1) is 0 Å². The van der Waals surface area contributed by atoms with Gasteiger partial charge < -0.3 is 0 Å². The van der Waals surface area contributed by atoms with E-state index in [2.05, 4.69) is 13.8 Å². The van der Waals surface area contributed by atoms with E-state index in [4.69, 9.17) is 11.6 Å². The van der Waals surface area contributed by atoms with Gasteiger partial charge in [-0.3, -0.25) is 0 Å². The lowest BCUT2D eigenvalue weighted by Gasteiger charge is -2.23. The van der Waals surface area contributed by atoms with E-state index in [1.165, 1.54) is 12.1 Å². The van der Waals surface area contributed by atoms with Crippen molar-refractivity contribution in [1.82, 2.24) is 0 Å². The van der Waals surface area contributed by atoms with Gasteiger partial charge in [0.2, 0.25) is 0 Å². The molecule has 0 amide bonds. The van der Waals surface area contributed by atoms with Gasteiger partial charge in [-0.25, -0.2) is 4.39 Å². The number of hydrogen-bond donors (Lipinski definition) is 0. The number of halogens is 2. The van der Waals surface area contributed by atoms with E-state index < -0.39 is 0 Å². The molecule has 0 bridgehead atoms. The van der Waals surface area contributed by atoms with Crippen LogP contribution in [0.1, 0.15) is 25.8 Å². The Balaban J connectivity index is 2.87. The van der Waals surface area contributed by atoms with E-state index >= 15 is 0 Å². The average Bonchev–Trinajstić information content (AvgIpc) is 2.05. The molecule has 0 radical (unpaired) electrons. The predicted molar refractivity (Wildman–Crippen MR) is 54.8 cm³/mol. The molecule has 0 spiro atoms. The third kappa shape index (κ3) is 2.70. The first-order valence-corrected chi connectivity index (χ1v) is 4.92. The molecule has 1 rings (SSSR count). The van der Waals surface area contributed by atoms with Crippen LogP contribution in [0.4, 0.5) is 4.39 Å². The molecule has 72 valence electrons. The van der Waals surface area contributed by atoms with E-state index in [1.807, 2.05) is 12.1 Å². The van der Waals surface area contributed by atoms with Crippen molar-refractivity contribution in [2.45, 2.75) is 25.7 Å². The van der Waals surface area contributed by atoms with Gasteiger partial charge in [0.15, 0.2) is 0 Å². The third-order valence-electron chi connectivity index (χ3n) is 2.35. The van der Waals surface area contributed by atoms with E-state index in [-0.39, 0.29) is 11.2 Å². The van der Waals surface area contributed by atoms with Gasteiger partial charge in [0.1, 0.15) is 5.82 Å². The zero-order valence-electron chi connectivity index (χ0n) is 7.98. The molecule has 0 atom stereocenters. The van der Waals surface area contributed by atoms with Crippen LogP contribution in [0.25, 0.3) is 0 Å². The predicted octanol–water partition coefficient (Wildman–Crippen LogP) is 3.73. The van der Waals surface area contributed by atoms with Crippen LogP contribution in [0.3, 0.4) is 0 Å². The molecular formula is C11H14ClF. The van der Waals surface area contributed by atoms with Crippen LogP contribution in [0.5, 0.6) is 0 Å². The fraction of sp³-hybridized carbons (Fsp3) is 0.455. The Kier molecular flexibility index (Phi) is 3.32. The van der Waals surface area contributed by atoms with E-state index in [9.17, 15) is 4.39 Å². The molecule has 0 N–H and O–H groups in total. The highest BCUT2D eigenvalue weighted by molar-refractivity contribution is 6.17. The average molecular weight is 201 g/mol. The van der Waals surface area contributed by atoms with Crippen molar-refractivity contribution in [2.75, 3.05) is 5.88 Å². The van der Waals surface area contributed by atoms with Crippen LogP contribution in [0.15, 0.2) is 24.3 Å². The zero-order chi connectivity index (χ0) is 9.90. The molecule has 0 nitrogen and oxygen atoms in total. The normalized spacial score (nSPS) is 11.7. The third-order valence-corrected chi connectivity index (χ3v) is 2.53. The molecule has 0 saturated carbocycles. The highest BCUT2D eigenvalue weighted by Crippen LogP contribution is 2.27. The number of alkyl halides is 1. The first-order chi connectivity index (χ1) is 6.06. The summed E-state index contributed by atoms with van der Waals surface area (Å²) in [5.41, 5.74) is 1.17. The van der Waals surface area contributed by atoms with Crippen LogP contribution < -0.4 is 0 Å². The summed E-state index contributed by atoms with van der Waals surface area (Å²) < 4.78 is 12.6. The first kappa shape index (κ1) is 10.5. The molecule has 0 heterocycles. The lowest BCUT2D eigenvalue weighted by atomic mass is 9.82. The second-order valence-corrected chi connectivity index (χ2v) is 4.21. The fourth-order valence-electron chi connectivity index (χ4n) is 1.28. The Morgan fingerprint density at radius 1 is 1.23 bits per heavy atom. The Hall–Kier alpha value is -0.560. The molecule has 2 heteroatoms. The smallest absolute Gasteiger partial charge is 0.123 e. The van der Waals surface area contributed by atoms with Gasteiger partial charge >= 0.3 is 0 Å². The van der Waals surface area contributed by atoms with Crippen molar-refractivity contribution in [3.63, 3.8) is 0 Å². The second kappa shape index (κ2) is 4.10. The van der Waals surface area contributed by atoms with Gasteiger partial charge in [0, 0.05) is 5.88 Å². The largest absolute Gasteiger partial charge is 0.207 e. The van der Waals surface area contributed by atoms with Crippen LogP contribution in [-0.2, 0) is 5.41 Å². The Morgan fingerprint density at radius 3 is 2.23 bits per heavy atom. The van der Waals surface area contributed by atoms with Crippen molar-refractivity contribution in [2.24, 2.45) is 0 Å². The molecule has 1 aromatic rings. The number of rotatable bonds is 3. The highest BCUT2D eigenvalue weighted by Gasteiger charge is 2.19. The standard InChI is InChI=1S/C11H14ClF/c1-11(2,7-8-12)9-3-5-10(13)6-4-9/h3-6H,7-8H2,1-2H3. The molecule has 0 unspecified atom stereocenters. The number of benzene rings is 1. The van der Waals surface area contributed by atoms with Gasteiger partial charge in [-0.2, -0.15) is 0 Å². The Morgan fingerprint density at radius 2 is 1.77 bits per heavy atom. The quantitative estimate of drug-likeness (QED) is 0.653. The summed E-state index contributed by atoms with van der Waals surface area (Å²) in [5.74, 6) is 0.440. The fourth-order valence-corrected chi connectivity index (χ4v) is 1.75. The topological polar surface area (TPSA) is 0 Å². The molecule has 0 aliphatic carbocycles. The summed E-state index contributed by atoms with van der Waals surface area (Å²) >= 11 is 5.69. The molecule has 0 aliphatic rings. The Bertz CT molecular complexity index is 264. The Labute approximate surface area is 83.7 Å². The molecule has 0 saturated heterocycles. The van der Waals surface area contributed by atoms with Crippen LogP contribution in [-0.4, -0.2) is 5.88 Å². The maximum Gasteiger partial charge on any atom is 0.123 e. The minimum atomic E-state index is -0.189. The van der Waals surface area contributed by atoms with Crippen molar-refractivity contribution < 1.29 is 4.39 Å². The molecule has 0 aromatic heterocycles. The van der Waals surface area contributed by atoms with Crippen LogP contribution in [0, 0.1) is 5.82 Å². The monoisotopic (exact) mass is 200 g/mol. The lowest BCUT2D eigenvalue weighted by Crippen LogP contribution is -2.17. The lowest BCUT2D eigenvalue weighted by molar-refractivity contribution is 0.507. The molecule has 0 fully saturated rings. The molecule has 13 heavy (non-hydrogen) atoms. The van der Waals surface area contributed by atoms with Gasteiger partial charge in [0.25, 0.3) is 0 Å². The highest BCUT2D eigenvalue weighted by atomic mass is 35.5.